The molecule has 0 spiro atoms. The van der Waals surface area contributed by atoms with Crippen LogP contribution in [0.4, 0.5) is 0 Å². The van der Waals surface area contributed by atoms with E-state index in [-0.39, 0.29) is 5.56 Å². The Morgan fingerprint density at radius 3 is 2.95 bits per heavy atom. The molecule has 2 aromatic rings. The summed E-state index contributed by atoms with van der Waals surface area (Å²) >= 11 is 0. The van der Waals surface area contributed by atoms with Gasteiger partial charge in [-0.2, -0.15) is 0 Å². The van der Waals surface area contributed by atoms with Crippen molar-refractivity contribution in [1.82, 2.24) is 14.9 Å². The molecule has 19 heavy (non-hydrogen) atoms. The molecule has 1 aromatic heterocycles. The number of hydrogen-bond acceptors (Lipinski definition) is 3. The fourth-order valence-corrected chi connectivity index (χ4v) is 2.16. The summed E-state index contributed by atoms with van der Waals surface area (Å²) in [6.07, 6.45) is 2.78. The SMILES string of the molecule is CCCNCC(C)Cn1cnc2ccccc2c1=O. The second kappa shape index (κ2) is 6.48. The molecule has 0 bridgehead atoms. The van der Waals surface area contributed by atoms with Gasteiger partial charge in [0.2, 0.25) is 0 Å². The quantitative estimate of drug-likeness (QED) is 0.807. The van der Waals surface area contributed by atoms with Crippen molar-refractivity contribution in [3.8, 4) is 0 Å². The topological polar surface area (TPSA) is 46.9 Å². The molecule has 2 rings (SSSR count). The normalized spacial score (nSPS) is 12.7. The van der Waals surface area contributed by atoms with Crippen LogP contribution in [0.1, 0.15) is 20.3 Å². The van der Waals surface area contributed by atoms with E-state index in [9.17, 15) is 4.79 Å². The first kappa shape index (κ1) is 13.7. The van der Waals surface area contributed by atoms with Crippen LogP contribution in [0.15, 0.2) is 35.4 Å². The molecule has 0 amide bonds. The Bertz CT molecular complexity index is 591. The van der Waals surface area contributed by atoms with Gasteiger partial charge in [-0.15, -0.1) is 0 Å². The first-order valence-corrected chi connectivity index (χ1v) is 6.87. The summed E-state index contributed by atoms with van der Waals surface area (Å²) in [5.74, 6) is 0.409. The summed E-state index contributed by atoms with van der Waals surface area (Å²) in [4.78, 5) is 16.6. The number of fused-ring (bicyclic) bond motifs is 1. The van der Waals surface area contributed by atoms with E-state index in [0.717, 1.165) is 25.0 Å². The second-order valence-electron chi connectivity index (χ2n) is 5.03. The molecule has 102 valence electrons. The minimum Gasteiger partial charge on any atom is -0.316 e. The number of benzene rings is 1. The first-order chi connectivity index (χ1) is 9.22. The average molecular weight is 259 g/mol. The Labute approximate surface area is 113 Å². The zero-order valence-corrected chi connectivity index (χ0v) is 11.6. The molecule has 1 N–H and O–H groups in total. The largest absolute Gasteiger partial charge is 0.316 e. The van der Waals surface area contributed by atoms with E-state index in [0.29, 0.717) is 17.8 Å². The van der Waals surface area contributed by atoms with Crippen LogP contribution in [-0.4, -0.2) is 22.6 Å². The van der Waals surface area contributed by atoms with Gasteiger partial charge in [-0.05, 0) is 37.6 Å². The summed E-state index contributed by atoms with van der Waals surface area (Å²) in [5, 5.41) is 4.07. The van der Waals surface area contributed by atoms with Crippen LogP contribution < -0.4 is 10.9 Å². The molecule has 1 unspecified atom stereocenters. The number of para-hydroxylation sites is 1. The van der Waals surface area contributed by atoms with Gasteiger partial charge < -0.3 is 5.32 Å². The van der Waals surface area contributed by atoms with Crippen LogP contribution in [0.5, 0.6) is 0 Å². The van der Waals surface area contributed by atoms with Crippen LogP contribution in [0.25, 0.3) is 10.9 Å². The standard InChI is InChI=1S/C15H21N3O/c1-3-8-16-9-12(2)10-18-11-17-14-7-5-4-6-13(14)15(18)19/h4-7,11-12,16H,3,8-10H2,1-2H3. The van der Waals surface area contributed by atoms with E-state index in [2.05, 4.69) is 24.1 Å². The molecule has 4 heteroatoms. The van der Waals surface area contributed by atoms with E-state index in [1.54, 1.807) is 10.9 Å². The summed E-state index contributed by atoms with van der Waals surface area (Å²) in [5.41, 5.74) is 0.813. The minimum absolute atomic E-state index is 0.0490. The van der Waals surface area contributed by atoms with Crippen molar-refractivity contribution in [2.24, 2.45) is 5.92 Å². The summed E-state index contributed by atoms with van der Waals surface area (Å²) in [6, 6.07) is 7.48. The lowest BCUT2D eigenvalue weighted by Gasteiger charge is -2.14. The van der Waals surface area contributed by atoms with Gasteiger partial charge in [0, 0.05) is 6.54 Å². The van der Waals surface area contributed by atoms with Gasteiger partial charge >= 0.3 is 0 Å². The number of hydrogen-bond donors (Lipinski definition) is 1. The Kier molecular flexibility index (Phi) is 4.68. The summed E-state index contributed by atoms with van der Waals surface area (Å²) < 4.78 is 1.71. The number of aromatic nitrogens is 2. The van der Waals surface area contributed by atoms with Gasteiger partial charge in [0.15, 0.2) is 0 Å². The molecule has 1 aromatic carbocycles. The van der Waals surface area contributed by atoms with Gasteiger partial charge in [-0.3, -0.25) is 9.36 Å². The van der Waals surface area contributed by atoms with E-state index >= 15 is 0 Å². The highest BCUT2D eigenvalue weighted by Crippen LogP contribution is 2.05. The predicted octanol–water partition coefficient (Wildman–Crippen LogP) is 2.03. The van der Waals surface area contributed by atoms with Gasteiger partial charge in [0.25, 0.3) is 5.56 Å². The average Bonchev–Trinajstić information content (AvgIpc) is 2.43. The van der Waals surface area contributed by atoms with E-state index in [4.69, 9.17) is 0 Å². The lowest BCUT2D eigenvalue weighted by atomic mass is 10.1. The number of nitrogens with zero attached hydrogens (tertiary/aromatic N) is 2. The second-order valence-corrected chi connectivity index (χ2v) is 5.03. The molecular weight excluding hydrogens is 238 g/mol. The lowest BCUT2D eigenvalue weighted by Crippen LogP contribution is -2.29. The van der Waals surface area contributed by atoms with E-state index < -0.39 is 0 Å². The van der Waals surface area contributed by atoms with Crippen LogP contribution in [0.2, 0.25) is 0 Å². The monoisotopic (exact) mass is 259 g/mol. The molecule has 1 heterocycles. The fourth-order valence-electron chi connectivity index (χ4n) is 2.16. The molecule has 4 nitrogen and oxygen atoms in total. The van der Waals surface area contributed by atoms with Gasteiger partial charge in [0.05, 0.1) is 17.2 Å². The van der Waals surface area contributed by atoms with Crippen molar-refractivity contribution in [3.05, 3.63) is 40.9 Å². The molecule has 0 radical (unpaired) electrons. The van der Waals surface area contributed by atoms with E-state index in [1.165, 1.54) is 0 Å². The Morgan fingerprint density at radius 1 is 1.37 bits per heavy atom. The molecule has 0 aliphatic rings. The van der Waals surface area contributed by atoms with Gasteiger partial charge in [-0.25, -0.2) is 4.98 Å². The molecule has 0 saturated carbocycles. The Balaban J connectivity index is 2.13. The third-order valence-corrected chi connectivity index (χ3v) is 3.16. The van der Waals surface area contributed by atoms with Crippen molar-refractivity contribution >= 4 is 10.9 Å². The molecule has 0 fully saturated rings. The van der Waals surface area contributed by atoms with Crippen molar-refractivity contribution in [2.75, 3.05) is 13.1 Å². The summed E-state index contributed by atoms with van der Waals surface area (Å²) in [7, 11) is 0. The van der Waals surface area contributed by atoms with Crippen LogP contribution in [-0.2, 0) is 6.54 Å². The van der Waals surface area contributed by atoms with Crippen molar-refractivity contribution in [2.45, 2.75) is 26.8 Å². The van der Waals surface area contributed by atoms with Gasteiger partial charge in [0.1, 0.15) is 0 Å². The van der Waals surface area contributed by atoms with Crippen molar-refractivity contribution in [1.29, 1.82) is 0 Å². The van der Waals surface area contributed by atoms with Crippen molar-refractivity contribution < 1.29 is 0 Å². The third-order valence-electron chi connectivity index (χ3n) is 3.16. The minimum atomic E-state index is 0.0490. The molecule has 0 aliphatic heterocycles. The van der Waals surface area contributed by atoms with Crippen LogP contribution in [0.3, 0.4) is 0 Å². The smallest absolute Gasteiger partial charge is 0.261 e. The molecule has 0 saturated heterocycles. The number of rotatable bonds is 6. The molecule has 1 atom stereocenters. The third kappa shape index (κ3) is 3.41. The predicted molar refractivity (Wildman–Crippen MR) is 78.3 cm³/mol. The lowest BCUT2D eigenvalue weighted by molar-refractivity contribution is 0.438. The van der Waals surface area contributed by atoms with Crippen LogP contribution >= 0.6 is 0 Å². The van der Waals surface area contributed by atoms with Crippen LogP contribution in [0, 0.1) is 5.92 Å². The highest BCUT2D eigenvalue weighted by Gasteiger charge is 2.07. The summed E-state index contributed by atoms with van der Waals surface area (Å²) in [6.45, 7) is 6.94. The first-order valence-electron chi connectivity index (χ1n) is 6.87. The molecular formula is C15H21N3O. The highest BCUT2D eigenvalue weighted by atomic mass is 16.1. The maximum atomic E-state index is 12.3. The zero-order chi connectivity index (χ0) is 13.7. The fraction of sp³-hybridized carbons (Fsp3) is 0.467. The Morgan fingerprint density at radius 2 is 2.16 bits per heavy atom. The maximum absolute atomic E-state index is 12.3. The van der Waals surface area contributed by atoms with Gasteiger partial charge in [-0.1, -0.05) is 26.0 Å². The number of nitrogens with one attached hydrogen (secondary N) is 1. The highest BCUT2D eigenvalue weighted by molar-refractivity contribution is 5.76. The Hall–Kier alpha value is -1.68. The zero-order valence-electron chi connectivity index (χ0n) is 11.6. The maximum Gasteiger partial charge on any atom is 0.261 e. The molecule has 0 aliphatic carbocycles. The van der Waals surface area contributed by atoms with E-state index in [1.807, 2.05) is 24.3 Å². The van der Waals surface area contributed by atoms with Crippen molar-refractivity contribution in [3.63, 3.8) is 0 Å².